The Morgan fingerprint density at radius 3 is 1.26 bits per heavy atom. The number of benzene rings is 6. The van der Waals surface area contributed by atoms with Crippen LogP contribution in [0.1, 0.15) is 65.2 Å². The van der Waals surface area contributed by atoms with Gasteiger partial charge in [0.15, 0.2) is 0 Å². The van der Waals surface area contributed by atoms with Crippen LogP contribution in [0, 0.1) is 0 Å². The molecule has 7 aliphatic rings. The molecule has 106 heavy (non-hydrogen) atoms. The van der Waals surface area contributed by atoms with E-state index in [1.807, 2.05) is 109 Å². The van der Waals surface area contributed by atoms with Gasteiger partial charge in [-0.3, -0.25) is 43.4 Å². The molecule has 4 aromatic rings. The van der Waals surface area contributed by atoms with Crippen molar-refractivity contribution in [2.75, 3.05) is 150 Å². The number of fused-ring (bicyclic) bond motifs is 4. The van der Waals surface area contributed by atoms with Crippen LogP contribution in [0.25, 0.3) is 66.8 Å². The van der Waals surface area contributed by atoms with Crippen molar-refractivity contribution in [3.63, 3.8) is 0 Å². The normalized spacial score (nSPS) is 13.0. The van der Waals surface area contributed by atoms with E-state index < -0.39 is 17.8 Å². The smallest absolute Gasteiger partial charge is 0.333 e. The van der Waals surface area contributed by atoms with Gasteiger partial charge in [-0.2, -0.15) is 0 Å². The number of hydrogen-bond donors (Lipinski definition) is 1. The molecule has 0 radical (unpaired) electrons. The van der Waals surface area contributed by atoms with Crippen molar-refractivity contribution in [3.05, 3.63) is 132 Å². The number of imide groups is 3. The highest BCUT2D eigenvalue weighted by Crippen LogP contribution is 2.50. The first-order chi connectivity index (χ1) is 49.9. The number of nitrogens with zero attached hydrogens (tertiary/aromatic N) is 9. The molecular formula is C79H96Cl2N10O15+2. The minimum absolute atomic E-state index is 0. The molecule has 6 amide bonds. The number of ether oxygens (including phenoxy) is 4. The molecule has 4 aromatic carbocycles. The van der Waals surface area contributed by atoms with E-state index in [1.54, 1.807) is 28.4 Å². The average Bonchev–Trinajstić information content (AvgIpc) is 0.791. The number of halogens is 2. The lowest BCUT2D eigenvalue weighted by Gasteiger charge is -2.27. The number of Topliss-reactive ketones (excluding diaryl/α,β-unsaturated/α-hetero) is 1. The van der Waals surface area contributed by atoms with E-state index in [4.69, 9.17) is 38.4 Å². The molecule has 0 spiro atoms. The Hall–Kier alpha value is -10.8. The van der Waals surface area contributed by atoms with Crippen LogP contribution in [0.2, 0.25) is 0 Å². The van der Waals surface area contributed by atoms with Crippen LogP contribution in [0.15, 0.2) is 130 Å². The van der Waals surface area contributed by atoms with Gasteiger partial charge >= 0.3 is 5.97 Å². The van der Waals surface area contributed by atoms with E-state index in [2.05, 4.69) is 86.9 Å². The Balaban J connectivity index is 0.000000257. The summed E-state index contributed by atoms with van der Waals surface area (Å²) in [5.41, 5.74) is 16.0. The van der Waals surface area contributed by atoms with E-state index in [0.29, 0.717) is 99.4 Å². The Kier molecular flexibility index (Phi) is 29.0. The Morgan fingerprint density at radius 2 is 0.887 bits per heavy atom. The van der Waals surface area contributed by atoms with Gasteiger partial charge in [0.05, 0.1) is 51.9 Å². The predicted octanol–water partition coefficient (Wildman–Crippen LogP) is 9.45. The third kappa shape index (κ3) is 18.8. The molecule has 1 saturated heterocycles. The Labute approximate surface area is 629 Å². The lowest BCUT2D eigenvalue weighted by molar-refractivity contribution is -0.197. The second-order valence-electron chi connectivity index (χ2n) is 25.9. The molecule has 11 rings (SSSR count). The second kappa shape index (κ2) is 37.3. The van der Waals surface area contributed by atoms with Crippen LogP contribution in [0.3, 0.4) is 0 Å². The minimum Gasteiger partial charge on any atom is -0.496 e. The maximum Gasteiger partial charge on any atom is 0.333 e. The van der Waals surface area contributed by atoms with Crippen molar-refractivity contribution in [2.24, 2.45) is 5.73 Å². The highest BCUT2D eigenvalue weighted by molar-refractivity contribution is 6.14. The van der Waals surface area contributed by atoms with Crippen LogP contribution in [-0.2, 0) is 43.2 Å². The first-order valence-corrected chi connectivity index (χ1v) is 34.6. The number of nitrogens with two attached hydrogens (primary N) is 1. The van der Waals surface area contributed by atoms with Crippen LogP contribution in [0.4, 0.5) is 22.7 Å². The zero-order chi connectivity index (χ0) is 75.2. The van der Waals surface area contributed by atoms with Crippen LogP contribution < -0.4 is 64.1 Å². The minimum atomic E-state index is -0.623. The molecule has 2 N–H and O–H groups in total. The summed E-state index contributed by atoms with van der Waals surface area (Å²) in [5, 5.41) is 4.53. The summed E-state index contributed by atoms with van der Waals surface area (Å²) in [6.07, 6.45) is 7.48. The number of anilines is 4. The Morgan fingerprint density at radius 1 is 0.491 bits per heavy atom. The van der Waals surface area contributed by atoms with Crippen molar-refractivity contribution in [2.45, 2.75) is 65.2 Å². The lowest BCUT2D eigenvalue weighted by Crippen LogP contribution is -2.34. The van der Waals surface area contributed by atoms with Gasteiger partial charge in [-0.1, -0.05) is 0 Å². The fourth-order valence-corrected chi connectivity index (χ4v) is 12.7. The molecule has 5 aliphatic heterocycles. The molecule has 5 heterocycles. The van der Waals surface area contributed by atoms with Gasteiger partial charge in [0.1, 0.15) is 79.7 Å². The monoisotopic (exact) mass is 1490 g/mol. The number of rotatable bonds is 27. The molecular weight excluding hydrogens is 1400 g/mol. The number of carbonyl (C=O) groups excluding carboxylic acids is 8. The lowest BCUT2D eigenvalue weighted by atomic mass is 9.92. The van der Waals surface area contributed by atoms with Gasteiger partial charge in [0, 0.05) is 222 Å². The zero-order valence-electron chi connectivity index (χ0n) is 62.7. The predicted molar refractivity (Wildman–Crippen MR) is 417 cm³/mol. The van der Waals surface area contributed by atoms with E-state index >= 15 is 0 Å². The first kappa shape index (κ1) is 82.5. The highest BCUT2D eigenvalue weighted by Gasteiger charge is 2.34. The van der Waals surface area contributed by atoms with Gasteiger partial charge in [-0.15, -0.1) is 29.9 Å². The largest absolute Gasteiger partial charge is 0.496 e. The third-order valence-electron chi connectivity index (χ3n) is 18.3. The van der Waals surface area contributed by atoms with Gasteiger partial charge in [0.2, 0.25) is 10.7 Å². The number of methoxy groups -OCH3 is 4. The van der Waals surface area contributed by atoms with Gasteiger partial charge in [-0.05, 0) is 81.6 Å². The molecule has 0 bridgehead atoms. The molecule has 0 unspecified atom stereocenters. The number of hydroxylamine groups is 2. The Bertz CT molecular complexity index is 4690. The van der Waals surface area contributed by atoms with Crippen molar-refractivity contribution in [3.8, 4) is 67.9 Å². The maximum absolute atomic E-state index is 12.7. The third-order valence-corrected chi connectivity index (χ3v) is 18.3. The van der Waals surface area contributed by atoms with Gasteiger partial charge in [-0.25, -0.2) is 13.9 Å². The SMILES string of the molecule is CCN(CCCC(=O)CCCN1C(=O)C=CC1=O)c1cc(OC)c(-c2c3ccc(=[N+](C)C)cc-3oc3cc(N(C)C)ccc23)cc1OC.CCN(CCCC(=O)ON1C(=O)CCC1=O)c1cc(OC)c(-c2c3ccc(=[N+](C)C)cc-3oc3cc(N(C)C)ccc23)cc1OC.Cl.Cl.NCCN1C(=O)C=CC1=O. The van der Waals surface area contributed by atoms with Crippen LogP contribution >= 0.6 is 24.8 Å². The topological polar surface area (TPSA) is 264 Å². The number of ketones is 1. The molecule has 0 atom stereocenters. The fourth-order valence-electron chi connectivity index (χ4n) is 12.7. The average molecular weight is 1500 g/mol. The standard InChI is InChI=1S/C38H45N4O6.C35H41N4O7.C6H8N2O2.2ClH/c1-8-41(19-9-11-27(43)12-10-20-42-36(44)17-18-37(42)45)31-24-32(46-6)30(23-35(31)47-7)38-28-15-13-25(39(2)3)21-33(28)48-34-22-26(40(4)5)14-16-29(34)38;1-8-38(17-9-10-34(42)46-39-32(40)15-16-33(39)41)27-21-28(43-6)26(20-31(27)44-7)35-24-13-11-22(36(2)3)18-29(24)45-30-19-23(37(4)5)12-14-25(30)35;7-3-4-8-5(9)1-2-6(8)10;;/h13-18,21-24H,8-12,19-20H2,1-7H3;11-14,18-21H,8-10,15-17H2,1-7H3;1-2H,3-4,7H2;2*1H/q2*+1;;;. The van der Waals surface area contributed by atoms with Crippen molar-refractivity contribution in [1.29, 1.82) is 0 Å². The van der Waals surface area contributed by atoms with Crippen molar-refractivity contribution in [1.82, 2.24) is 24.0 Å². The van der Waals surface area contributed by atoms with E-state index in [0.717, 1.165) is 105 Å². The summed E-state index contributed by atoms with van der Waals surface area (Å²) in [4.78, 5) is 109. The summed E-state index contributed by atoms with van der Waals surface area (Å²) < 4.78 is 41.1. The summed E-state index contributed by atoms with van der Waals surface area (Å²) in [6.45, 7) is 7.46. The van der Waals surface area contributed by atoms with Gasteiger partial charge < -0.3 is 58.0 Å². The van der Waals surface area contributed by atoms with E-state index in [-0.39, 0.29) is 80.0 Å². The fraction of sp³-hybridized carbons (Fsp3) is 0.367. The van der Waals surface area contributed by atoms with E-state index in [1.165, 1.54) is 29.2 Å². The molecule has 25 nitrogen and oxygen atoms in total. The van der Waals surface area contributed by atoms with Crippen molar-refractivity contribution < 1.29 is 71.0 Å². The highest BCUT2D eigenvalue weighted by atomic mass is 35.5. The number of hydrogen-bond acceptors (Lipinski definition) is 20. The molecule has 0 aromatic heterocycles. The first-order valence-electron chi connectivity index (χ1n) is 34.6. The van der Waals surface area contributed by atoms with Crippen molar-refractivity contribution >= 4 is 117 Å². The molecule has 0 saturated carbocycles. The summed E-state index contributed by atoms with van der Waals surface area (Å²) in [6, 6.07) is 32.8. The molecule has 27 heteroatoms. The van der Waals surface area contributed by atoms with E-state index in [9.17, 15) is 38.4 Å². The molecule has 564 valence electrons. The summed E-state index contributed by atoms with van der Waals surface area (Å²) >= 11 is 0. The number of carbonyl (C=O) groups is 8. The summed E-state index contributed by atoms with van der Waals surface area (Å²) in [5.74, 6) is 1.54. The maximum atomic E-state index is 12.7. The second-order valence-corrected chi connectivity index (χ2v) is 25.9. The van der Waals surface area contributed by atoms with Gasteiger partial charge in [0.25, 0.3) is 35.4 Å². The zero-order valence-corrected chi connectivity index (χ0v) is 64.3. The molecule has 1 fully saturated rings. The molecule has 2 aliphatic carbocycles. The quantitative estimate of drug-likeness (QED) is 0.0285. The number of amides is 6. The van der Waals surface area contributed by atoms with Crippen LogP contribution in [0.5, 0.6) is 23.0 Å². The van der Waals surface area contributed by atoms with Crippen LogP contribution in [-0.4, -0.2) is 193 Å². The summed E-state index contributed by atoms with van der Waals surface area (Å²) in [7, 11) is 22.7.